The monoisotopic (exact) mass is 704 g/mol. The quantitative estimate of drug-likeness (QED) is 0.0813. The third-order valence-corrected chi connectivity index (χ3v) is 11.3. The predicted octanol–water partition coefficient (Wildman–Crippen LogP) is 7.50. The number of piperazine rings is 1. The van der Waals surface area contributed by atoms with Gasteiger partial charge in [-0.1, -0.05) is 44.0 Å². The maximum absolute atomic E-state index is 14.1. The van der Waals surface area contributed by atoms with Crippen LogP contribution in [0.2, 0.25) is 0 Å². The van der Waals surface area contributed by atoms with Gasteiger partial charge in [0.05, 0.1) is 45.2 Å². The van der Waals surface area contributed by atoms with Gasteiger partial charge in [-0.15, -0.1) is 0 Å². The molecular formula is C40H54N3O6S+. The number of nitrogens with zero attached hydrogens (tertiary/aromatic N) is 3. The van der Waals surface area contributed by atoms with E-state index in [1.54, 1.807) is 33.3 Å². The van der Waals surface area contributed by atoms with Crippen LogP contribution in [0, 0.1) is 0 Å². The lowest BCUT2D eigenvalue weighted by Crippen LogP contribution is -2.52. The van der Waals surface area contributed by atoms with E-state index < -0.39 is 0 Å². The van der Waals surface area contributed by atoms with E-state index in [9.17, 15) is 9.59 Å². The minimum absolute atomic E-state index is 0.0999. The summed E-state index contributed by atoms with van der Waals surface area (Å²) in [6.45, 7) is 9.77. The number of quaternary nitrogens is 1. The highest BCUT2D eigenvalue weighted by molar-refractivity contribution is 7.99. The molecule has 3 aromatic carbocycles. The van der Waals surface area contributed by atoms with Crippen LogP contribution in [0.3, 0.4) is 0 Å². The summed E-state index contributed by atoms with van der Waals surface area (Å²) in [5.74, 6) is 2.62. The summed E-state index contributed by atoms with van der Waals surface area (Å²) in [7, 11) is 4.73. The molecule has 10 heteroatoms. The van der Waals surface area contributed by atoms with Gasteiger partial charge in [-0.25, -0.2) is 4.79 Å². The first-order valence-electron chi connectivity index (χ1n) is 18.1. The van der Waals surface area contributed by atoms with Crippen LogP contribution in [0.4, 0.5) is 5.69 Å². The summed E-state index contributed by atoms with van der Waals surface area (Å²) in [5.41, 5.74) is 2.96. The number of carbonyl (C=O) groups excluding carboxylic acids is 2. The highest BCUT2D eigenvalue weighted by Crippen LogP contribution is 2.48. The van der Waals surface area contributed by atoms with E-state index in [4.69, 9.17) is 18.9 Å². The molecule has 2 atom stereocenters. The Morgan fingerprint density at radius 3 is 2.30 bits per heavy atom. The topological polar surface area (TPSA) is 77.5 Å². The van der Waals surface area contributed by atoms with Crippen LogP contribution >= 0.6 is 11.9 Å². The van der Waals surface area contributed by atoms with E-state index in [0.29, 0.717) is 36.9 Å². The van der Waals surface area contributed by atoms with Gasteiger partial charge in [0, 0.05) is 38.3 Å². The number of benzene rings is 3. The minimum atomic E-state index is -0.162. The summed E-state index contributed by atoms with van der Waals surface area (Å²) in [6.07, 6.45) is 6.70. The molecule has 0 saturated carbocycles. The summed E-state index contributed by atoms with van der Waals surface area (Å²) in [6, 6.07) is 20.2. The number of fused-ring (bicyclic) bond motifs is 1. The van der Waals surface area contributed by atoms with Crippen molar-refractivity contribution in [3.8, 4) is 23.0 Å². The molecule has 270 valence electrons. The fourth-order valence-electron chi connectivity index (χ4n) is 6.98. The fourth-order valence-corrected chi connectivity index (χ4v) is 8.49. The Labute approximate surface area is 302 Å². The molecule has 3 aromatic rings. The largest absolute Gasteiger partial charge is 0.493 e. The molecule has 2 unspecified atom stereocenters. The van der Waals surface area contributed by atoms with Crippen molar-refractivity contribution in [3.63, 3.8) is 0 Å². The SMILES string of the molecule is CCCCCC[N+]1(c2cccc(OCCCCN3CCN(C(=O)Cc4cc(OC)c(OC)c(OC)c4)CC3)c2)Sc2ccccc2C(C)C1=O. The maximum atomic E-state index is 14.1. The highest BCUT2D eigenvalue weighted by atomic mass is 32.2. The van der Waals surface area contributed by atoms with Crippen molar-refractivity contribution in [1.82, 2.24) is 13.7 Å². The van der Waals surface area contributed by atoms with E-state index in [1.165, 1.54) is 11.3 Å². The summed E-state index contributed by atoms with van der Waals surface area (Å²) >= 11 is 1.68. The molecular weight excluding hydrogens is 651 g/mol. The zero-order valence-corrected chi connectivity index (χ0v) is 31.3. The van der Waals surface area contributed by atoms with E-state index in [1.807, 2.05) is 35.2 Å². The Morgan fingerprint density at radius 1 is 0.860 bits per heavy atom. The van der Waals surface area contributed by atoms with E-state index in [0.717, 1.165) is 80.8 Å². The lowest BCUT2D eigenvalue weighted by molar-refractivity contribution is -0.132. The Morgan fingerprint density at radius 2 is 1.60 bits per heavy atom. The lowest BCUT2D eigenvalue weighted by Gasteiger charge is -2.39. The molecule has 2 aliphatic heterocycles. The smallest absolute Gasteiger partial charge is 0.337 e. The van der Waals surface area contributed by atoms with Gasteiger partial charge in [0.25, 0.3) is 0 Å². The summed E-state index contributed by atoms with van der Waals surface area (Å²) in [5, 5.41) is 0. The van der Waals surface area contributed by atoms with Crippen LogP contribution in [0.25, 0.3) is 0 Å². The van der Waals surface area contributed by atoms with Crippen molar-refractivity contribution in [3.05, 3.63) is 71.8 Å². The zero-order chi connectivity index (χ0) is 35.5. The molecule has 2 aliphatic rings. The molecule has 1 saturated heterocycles. The van der Waals surface area contributed by atoms with Crippen molar-refractivity contribution in [1.29, 1.82) is 0 Å². The third-order valence-electron chi connectivity index (χ3n) is 9.87. The molecule has 0 aromatic heterocycles. The van der Waals surface area contributed by atoms with Crippen molar-refractivity contribution in [2.45, 2.75) is 69.6 Å². The van der Waals surface area contributed by atoms with Crippen LogP contribution in [0.1, 0.15) is 69.4 Å². The third kappa shape index (κ3) is 8.76. The Kier molecular flexibility index (Phi) is 13.5. The van der Waals surface area contributed by atoms with Crippen LogP contribution < -0.4 is 22.8 Å². The Balaban J connectivity index is 1.10. The van der Waals surface area contributed by atoms with Gasteiger partial charge in [0.2, 0.25) is 11.7 Å². The van der Waals surface area contributed by atoms with Gasteiger partial charge in [-0.3, -0.25) is 9.69 Å². The van der Waals surface area contributed by atoms with Gasteiger partial charge in [-0.2, -0.15) is 3.89 Å². The number of hydrogen-bond acceptors (Lipinski definition) is 8. The molecule has 0 N–H and O–H groups in total. The Hall–Kier alpha value is -3.73. The van der Waals surface area contributed by atoms with Crippen molar-refractivity contribution < 1.29 is 28.5 Å². The predicted molar refractivity (Wildman–Crippen MR) is 201 cm³/mol. The highest BCUT2D eigenvalue weighted by Gasteiger charge is 2.49. The second kappa shape index (κ2) is 18.0. The average molecular weight is 705 g/mol. The number of ether oxygens (including phenoxy) is 4. The number of carbonyl (C=O) groups is 2. The molecule has 0 spiro atoms. The van der Waals surface area contributed by atoms with Gasteiger partial charge in [0.15, 0.2) is 17.2 Å². The first-order chi connectivity index (χ1) is 24.3. The van der Waals surface area contributed by atoms with Crippen LogP contribution in [-0.2, 0) is 16.0 Å². The van der Waals surface area contributed by atoms with Gasteiger partial charge in [0.1, 0.15) is 24.2 Å². The van der Waals surface area contributed by atoms with Gasteiger partial charge >= 0.3 is 5.91 Å². The molecule has 0 aliphatic carbocycles. The number of methoxy groups -OCH3 is 3. The second-order valence-electron chi connectivity index (χ2n) is 13.2. The first-order valence-corrected chi connectivity index (χ1v) is 18.8. The van der Waals surface area contributed by atoms with E-state index >= 15 is 0 Å². The molecule has 50 heavy (non-hydrogen) atoms. The fraction of sp³-hybridized carbons (Fsp3) is 0.500. The van der Waals surface area contributed by atoms with Gasteiger partial charge < -0.3 is 23.8 Å². The van der Waals surface area contributed by atoms with Crippen LogP contribution in [0.5, 0.6) is 23.0 Å². The van der Waals surface area contributed by atoms with Crippen molar-refractivity contribution in [2.75, 3.05) is 67.2 Å². The average Bonchev–Trinajstić information content (AvgIpc) is 3.15. The number of unbranched alkanes of at least 4 members (excludes halogenated alkanes) is 4. The molecule has 0 bridgehead atoms. The lowest BCUT2D eigenvalue weighted by atomic mass is 9.98. The summed E-state index contributed by atoms with van der Waals surface area (Å²) < 4.78 is 22.9. The summed E-state index contributed by atoms with van der Waals surface area (Å²) in [4.78, 5) is 32.8. The zero-order valence-electron chi connectivity index (χ0n) is 30.4. The molecule has 2 heterocycles. The normalized spacial score (nSPS) is 19.2. The van der Waals surface area contributed by atoms with Crippen molar-refractivity contribution >= 4 is 29.4 Å². The van der Waals surface area contributed by atoms with Gasteiger partial charge in [-0.05, 0) is 74.5 Å². The Bertz CT molecular complexity index is 1570. The standard InChI is InChI=1S/C40H54N3O6S/c1-6-7-8-12-24-43(40(45)30(2)34-17-9-10-18-37(34)50-43)32-15-14-16-33(29-32)49-25-13-11-19-41-20-22-42(23-21-41)38(44)28-31-26-35(46-3)39(48-5)36(27-31)47-4/h9-10,14-18,26-27,29-30H,6-8,11-13,19-25,28H2,1-5H3/q+1. The molecule has 9 nitrogen and oxygen atoms in total. The maximum Gasteiger partial charge on any atom is 0.337 e. The van der Waals surface area contributed by atoms with Crippen LogP contribution in [0.15, 0.2) is 65.6 Å². The molecule has 5 rings (SSSR count). The minimum Gasteiger partial charge on any atom is -0.493 e. The van der Waals surface area contributed by atoms with Crippen LogP contribution in [-0.4, -0.2) is 88.8 Å². The first kappa shape index (κ1) is 37.5. The number of hydrogen-bond donors (Lipinski definition) is 0. The van der Waals surface area contributed by atoms with Crippen molar-refractivity contribution in [2.24, 2.45) is 0 Å². The van der Waals surface area contributed by atoms with E-state index in [-0.39, 0.29) is 28.0 Å². The number of rotatable bonds is 17. The molecule has 2 amide bonds. The van der Waals surface area contributed by atoms with E-state index in [2.05, 4.69) is 49.1 Å². The molecule has 0 radical (unpaired) electrons. The molecule has 1 fully saturated rings. The second-order valence-corrected chi connectivity index (χ2v) is 14.4. The number of amides is 2.